The number of benzene rings is 1. The van der Waals surface area contributed by atoms with Crippen molar-refractivity contribution in [2.24, 2.45) is 0 Å². The van der Waals surface area contributed by atoms with Gasteiger partial charge >= 0.3 is 0 Å². The molecule has 0 aliphatic carbocycles. The first-order chi connectivity index (χ1) is 6.83. The molecule has 2 rings (SSSR count). The molecule has 0 radical (unpaired) electrons. The van der Waals surface area contributed by atoms with Gasteiger partial charge in [0.15, 0.2) is 11.5 Å². The first-order valence-corrected chi connectivity index (χ1v) is 4.90. The van der Waals surface area contributed by atoms with Crippen LogP contribution in [0, 0.1) is 0 Å². The van der Waals surface area contributed by atoms with E-state index in [9.17, 15) is 0 Å². The SMILES string of the molecule is COc1ccc2c(c1)OC(CCl)CO2. The standard InChI is InChI=1S/C10H11ClO3/c1-12-7-2-3-9-10(4-7)14-8(5-11)6-13-9/h2-4,8H,5-6H2,1H3. The van der Waals surface area contributed by atoms with Crippen LogP contribution >= 0.6 is 11.6 Å². The lowest BCUT2D eigenvalue weighted by atomic mass is 10.2. The first-order valence-electron chi connectivity index (χ1n) is 4.37. The molecule has 1 heterocycles. The zero-order chi connectivity index (χ0) is 9.97. The largest absolute Gasteiger partial charge is 0.497 e. The summed E-state index contributed by atoms with van der Waals surface area (Å²) in [7, 11) is 1.62. The average molecular weight is 215 g/mol. The van der Waals surface area contributed by atoms with Crippen LogP contribution in [0.15, 0.2) is 18.2 Å². The number of alkyl halides is 1. The minimum Gasteiger partial charge on any atom is -0.497 e. The number of fused-ring (bicyclic) bond motifs is 1. The van der Waals surface area contributed by atoms with Crippen molar-refractivity contribution in [3.8, 4) is 17.2 Å². The van der Waals surface area contributed by atoms with Crippen LogP contribution in [-0.2, 0) is 0 Å². The summed E-state index contributed by atoms with van der Waals surface area (Å²) in [6.45, 7) is 0.503. The van der Waals surface area contributed by atoms with Crippen LogP contribution < -0.4 is 14.2 Å². The molecule has 0 saturated heterocycles. The van der Waals surface area contributed by atoms with E-state index in [2.05, 4.69) is 0 Å². The normalized spacial score (nSPS) is 19.1. The first kappa shape index (κ1) is 9.46. The van der Waals surface area contributed by atoms with Crippen molar-refractivity contribution in [2.75, 3.05) is 19.6 Å². The number of halogens is 1. The van der Waals surface area contributed by atoms with Gasteiger partial charge < -0.3 is 14.2 Å². The molecule has 1 aliphatic rings. The Labute approximate surface area is 87.5 Å². The highest BCUT2D eigenvalue weighted by Crippen LogP contribution is 2.34. The summed E-state index contributed by atoms with van der Waals surface area (Å²) in [6, 6.07) is 5.47. The van der Waals surface area contributed by atoms with E-state index < -0.39 is 0 Å². The molecule has 0 fully saturated rings. The molecule has 76 valence electrons. The van der Waals surface area contributed by atoms with Gasteiger partial charge in [0.25, 0.3) is 0 Å². The summed E-state index contributed by atoms with van der Waals surface area (Å²) in [5.74, 6) is 2.62. The summed E-state index contributed by atoms with van der Waals surface area (Å²) in [4.78, 5) is 0. The molecule has 1 atom stereocenters. The molecule has 14 heavy (non-hydrogen) atoms. The van der Waals surface area contributed by atoms with Crippen LogP contribution in [0.2, 0.25) is 0 Å². The fourth-order valence-corrected chi connectivity index (χ4v) is 1.45. The number of hydrogen-bond donors (Lipinski definition) is 0. The Morgan fingerprint density at radius 2 is 2.36 bits per heavy atom. The Morgan fingerprint density at radius 1 is 1.50 bits per heavy atom. The van der Waals surface area contributed by atoms with E-state index in [1.165, 1.54) is 0 Å². The lowest BCUT2D eigenvalue weighted by Crippen LogP contribution is -2.30. The molecular weight excluding hydrogens is 204 g/mol. The van der Waals surface area contributed by atoms with E-state index in [4.69, 9.17) is 25.8 Å². The lowest BCUT2D eigenvalue weighted by molar-refractivity contribution is 0.106. The van der Waals surface area contributed by atoms with Crippen molar-refractivity contribution in [1.29, 1.82) is 0 Å². The van der Waals surface area contributed by atoms with Gasteiger partial charge in [0.2, 0.25) is 0 Å². The van der Waals surface area contributed by atoms with Crippen LogP contribution in [0.1, 0.15) is 0 Å². The smallest absolute Gasteiger partial charge is 0.165 e. The van der Waals surface area contributed by atoms with Crippen LogP contribution in [0.3, 0.4) is 0 Å². The average Bonchev–Trinajstić information content (AvgIpc) is 2.27. The Bertz CT molecular complexity index is 327. The molecule has 1 unspecified atom stereocenters. The lowest BCUT2D eigenvalue weighted by Gasteiger charge is -2.25. The Hall–Kier alpha value is -1.09. The zero-order valence-corrected chi connectivity index (χ0v) is 8.58. The van der Waals surface area contributed by atoms with Crippen molar-refractivity contribution in [1.82, 2.24) is 0 Å². The third-order valence-corrected chi connectivity index (χ3v) is 2.39. The van der Waals surface area contributed by atoms with Gasteiger partial charge in [-0.15, -0.1) is 11.6 Å². The molecule has 1 aliphatic heterocycles. The zero-order valence-electron chi connectivity index (χ0n) is 7.83. The quantitative estimate of drug-likeness (QED) is 0.706. The van der Waals surface area contributed by atoms with Crippen molar-refractivity contribution in [3.05, 3.63) is 18.2 Å². The minimum atomic E-state index is -0.0729. The molecule has 0 spiro atoms. The fraction of sp³-hybridized carbons (Fsp3) is 0.400. The number of ether oxygens (including phenoxy) is 3. The number of methoxy groups -OCH3 is 1. The third kappa shape index (κ3) is 1.73. The van der Waals surface area contributed by atoms with E-state index in [-0.39, 0.29) is 6.10 Å². The van der Waals surface area contributed by atoms with Gasteiger partial charge in [-0.1, -0.05) is 0 Å². The Kier molecular flexibility index (Phi) is 2.68. The Morgan fingerprint density at radius 3 is 3.07 bits per heavy atom. The van der Waals surface area contributed by atoms with Gasteiger partial charge in [-0.3, -0.25) is 0 Å². The van der Waals surface area contributed by atoms with Gasteiger partial charge in [0, 0.05) is 6.07 Å². The summed E-state index contributed by atoms with van der Waals surface area (Å²) >= 11 is 5.68. The van der Waals surface area contributed by atoms with Gasteiger partial charge in [0.1, 0.15) is 18.5 Å². The molecule has 1 aromatic carbocycles. The number of hydrogen-bond acceptors (Lipinski definition) is 3. The predicted octanol–water partition coefficient (Wildman–Crippen LogP) is 2.07. The molecule has 0 N–H and O–H groups in total. The van der Waals surface area contributed by atoms with Gasteiger partial charge in [0.05, 0.1) is 13.0 Å². The molecular formula is C10H11ClO3. The molecule has 1 aromatic rings. The summed E-state index contributed by atoms with van der Waals surface area (Å²) in [5.41, 5.74) is 0. The second-order valence-electron chi connectivity index (χ2n) is 3.02. The molecule has 3 nitrogen and oxygen atoms in total. The molecule has 0 amide bonds. The minimum absolute atomic E-state index is 0.0729. The van der Waals surface area contributed by atoms with Crippen LogP contribution in [0.4, 0.5) is 0 Å². The fourth-order valence-electron chi connectivity index (χ4n) is 1.30. The van der Waals surface area contributed by atoms with Gasteiger partial charge in [-0.25, -0.2) is 0 Å². The second-order valence-corrected chi connectivity index (χ2v) is 3.33. The van der Waals surface area contributed by atoms with E-state index in [0.29, 0.717) is 18.2 Å². The predicted molar refractivity (Wildman–Crippen MR) is 53.6 cm³/mol. The summed E-state index contributed by atoms with van der Waals surface area (Å²) in [6.07, 6.45) is -0.0729. The van der Waals surface area contributed by atoms with E-state index in [0.717, 1.165) is 11.5 Å². The van der Waals surface area contributed by atoms with Crippen molar-refractivity contribution >= 4 is 11.6 Å². The molecule has 0 aromatic heterocycles. The highest BCUT2D eigenvalue weighted by molar-refractivity contribution is 6.18. The van der Waals surface area contributed by atoms with Gasteiger partial charge in [-0.2, -0.15) is 0 Å². The highest BCUT2D eigenvalue weighted by atomic mass is 35.5. The summed E-state index contributed by atoms with van der Waals surface area (Å²) in [5, 5.41) is 0. The van der Waals surface area contributed by atoms with Crippen LogP contribution in [0.25, 0.3) is 0 Å². The molecule has 4 heteroatoms. The van der Waals surface area contributed by atoms with Crippen LogP contribution in [0.5, 0.6) is 17.2 Å². The van der Waals surface area contributed by atoms with Crippen molar-refractivity contribution in [3.63, 3.8) is 0 Å². The third-order valence-electron chi connectivity index (χ3n) is 2.04. The summed E-state index contributed by atoms with van der Waals surface area (Å²) < 4.78 is 16.1. The molecule has 0 bridgehead atoms. The van der Waals surface area contributed by atoms with E-state index in [1.807, 2.05) is 12.1 Å². The van der Waals surface area contributed by atoms with E-state index >= 15 is 0 Å². The monoisotopic (exact) mass is 214 g/mol. The second kappa shape index (κ2) is 3.96. The number of rotatable bonds is 2. The molecule has 0 saturated carbocycles. The Balaban J connectivity index is 2.25. The van der Waals surface area contributed by atoms with Crippen molar-refractivity contribution in [2.45, 2.75) is 6.10 Å². The van der Waals surface area contributed by atoms with Gasteiger partial charge in [-0.05, 0) is 12.1 Å². The maximum Gasteiger partial charge on any atom is 0.165 e. The topological polar surface area (TPSA) is 27.7 Å². The van der Waals surface area contributed by atoms with Crippen LogP contribution in [-0.4, -0.2) is 25.7 Å². The maximum absolute atomic E-state index is 5.68. The van der Waals surface area contributed by atoms with E-state index in [1.54, 1.807) is 13.2 Å². The van der Waals surface area contributed by atoms with Crippen molar-refractivity contribution < 1.29 is 14.2 Å². The highest BCUT2D eigenvalue weighted by Gasteiger charge is 2.20. The maximum atomic E-state index is 5.68.